The SMILES string of the molecule is C#CCOc1ccc(Br)c(/C=N\NC(=O)c2cccnc2)c1. The van der Waals surface area contributed by atoms with Crippen LogP contribution in [0, 0.1) is 12.3 Å². The monoisotopic (exact) mass is 357 g/mol. The molecule has 0 atom stereocenters. The van der Waals surface area contributed by atoms with Crippen LogP contribution in [0.5, 0.6) is 5.75 Å². The van der Waals surface area contributed by atoms with E-state index in [0.717, 1.165) is 10.0 Å². The Labute approximate surface area is 136 Å². The zero-order chi connectivity index (χ0) is 15.8. The van der Waals surface area contributed by atoms with Crippen LogP contribution in [0.4, 0.5) is 0 Å². The van der Waals surface area contributed by atoms with Gasteiger partial charge in [-0.15, -0.1) is 6.42 Å². The number of rotatable bonds is 5. The van der Waals surface area contributed by atoms with Crippen LogP contribution in [-0.4, -0.2) is 23.7 Å². The van der Waals surface area contributed by atoms with Crippen molar-refractivity contribution in [3.63, 3.8) is 0 Å². The summed E-state index contributed by atoms with van der Waals surface area (Å²) in [5.41, 5.74) is 3.62. The van der Waals surface area contributed by atoms with Gasteiger partial charge < -0.3 is 4.74 Å². The number of carbonyl (C=O) groups excluding carboxylic acids is 1. The van der Waals surface area contributed by atoms with Crippen LogP contribution in [0.25, 0.3) is 0 Å². The van der Waals surface area contributed by atoms with Crippen molar-refractivity contribution in [1.29, 1.82) is 0 Å². The van der Waals surface area contributed by atoms with E-state index in [-0.39, 0.29) is 12.5 Å². The van der Waals surface area contributed by atoms with Gasteiger partial charge in [-0.05, 0) is 30.3 Å². The molecule has 0 unspecified atom stereocenters. The van der Waals surface area contributed by atoms with Crippen molar-refractivity contribution in [2.75, 3.05) is 6.61 Å². The third-order valence-electron chi connectivity index (χ3n) is 2.58. The van der Waals surface area contributed by atoms with Gasteiger partial charge in [-0.25, -0.2) is 5.43 Å². The molecular weight excluding hydrogens is 346 g/mol. The van der Waals surface area contributed by atoms with E-state index in [1.165, 1.54) is 12.4 Å². The first-order valence-electron chi connectivity index (χ1n) is 6.30. The molecule has 0 aliphatic rings. The van der Waals surface area contributed by atoms with Crippen LogP contribution in [0.1, 0.15) is 15.9 Å². The number of hydrogen-bond acceptors (Lipinski definition) is 4. The maximum atomic E-state index is 11.8. The second-order valence-corrected chi connectivity index (χ2v) is 4.97. The van der Waals surface area contributed by atoms with Crippen molar-refractivity contribution in [3.8, 4) is 18.1 Å². The first-order chi connectivity index (χ1) is 10.7. The molecule has 1 heterocycles. The van der Waals surface area contributed by atoms with Gasteiger partial charge in [0.05, 0.1) is 11.8 Å². The van der Waals surface area contributed by atoms with Gasteiger partial charge in [0.15, 0.2) is 0 Å². The zero-order valence-electron chi connectivity index (χ0n) is 11.5. The fraction of sp³-hybridized carbons (Fsp3) is 0.0625. The molecule has 1 amide bonds. The van der Waals surface area contributed by atoms with Crippen molar-refractivity contribution in [2.24, 2.45) is 5.10 Å². The van der Waals surface area contributed by atoms with E-state index in [2.05, 4.69) is 37.4 Å². The van der Waals surface area contributed by atoms with Crippen LogP contribution in [0.2, 0.25) is 0 Å². The summed E-state index contributed by atoms with van der Waals surface area (Å²) >= 11 is 3.40. The first-order valence-corrected chi connectivity index (χ1v) is 7.09. The van der Waals surface area contributed by atoms with Gasteiger partial charge in [-0.3, -0.25) is 9.78 Å². The number of benzene rings is 1. The molecule has 6 heteroatoms. The number of nitrogens with zero attached hydrogens (tertiary/aromatic N) is 2. The maximum absolute atomic E-state index is 11.8. The van der Waals surface area contributed by atoms with E-state index >= 15 is 0 Å². The summed E-state index contributed by atoms with van der Waals surface area (Å²) in [6, 6.07) is 8.70. The molecule has 0 aliphatic carbocycles. The van der Waals surface area contributed by atoms with E-state index in [4.69, 9.17) is 11.2 Å². The lowest BCUT2D eigenvalue weighted by atomic mass is 10.2. The van der Waals surface area contributed by atoms with E-state index < -0.39 is 0 Å². The number of hydrogen-bond donors (Lipinski definition) is 1. The van der Waals surface area contributed by atoms with E-state index in [1.807, 2.05) is 6.07 Å². The molecule has 0 spiro atoms. The molecule has 110 valence electrons. The molecule has 5 nitrogen and oxygen atoms in total. The first kappa shape index (κ1) is 15.7. The summed E-state index contributed by atoms with van der Waals surface area (Å²) in [7, 11) is 0. The van der Waals surface area contributed by atoms with Crippen molar-refractivity contribution in [1.82, 2.24) is 10.4 Å². The molecule has 22 heavy (non-hydrogen) atoms. The normalized spacial score (nSPS) is 10.2. The highest BCUT2D eigenvalue weighted by atomic mass is 79.9. The summed E-state index contributed by atoms with van der Waals surface area (Å²) in [4.78, 5) is 15.7. The van der Waals surface area contributed by atoms with Crippen molar-refractivity contribution in [2.45, 2.75) is 0 Å². The lowest BCUT2D eigenvalue weighted by Crippen LogP contribution is -2.17. The summed E-state index contributed by atoms with van der Waals surface area (Å²) in [6.07, 6.45) is 9.73. The molecule has 1 N–H and O–H groups in total. The molecule has 0 saturated heterocycles. The van der Waals surface area contributed by atoms with Crippen LogP contribution in [0.15, 0.2) is 52.3 Å². The van der Waals surface area contributed by atoms with Crippen LogP contribution >= 0.6 is 15.9 Å². The molecule has 0 saturated carbocycles. The number of nitrogens with one attached hydrogen (secondary N) is 1. The van der Waals surface area contributed by atoms with E-state index in [0.29, 0.717) is 11.3 Å². The Morgan fingerprint density at radius 1 is 1.50 bits per heavy atom. The Morgan fingerprint density at radius 2 is 2.36 bits per heavy atom. The molecule has 0 fully saturated rings. The van der Waals surface area contributed by atoms with Gasteiger partial charge >= 0.3 is 0 Å². The lowest BCUT2D eigenvalue weighted by Gasteiger charge is -2.05. The third-order valence-corrected chi connectivity index (χ3v) is 3.31. The average Bonchev–Trinajstić information content (AvgIpc) is 2.56. The van der Waals surface area contributed by atoms with Gasteiger partial charge in [0.1, 0.15) is 12.4 Å². The fourth-order valence-corrected chi connectivity index (χ4v) is 1.91. The number of terminal acetylenes is 1. The van der Waals surface area contributed by atoms with Gasteiger partial charge in [0, 0.05) is 22.4 Å². The van der Waals surface area contributed by atoms with Gasteiger partial charge in [-0.1, -0.05) is 21.9 Å². The number of aromatic nitrogens is 1. The average molecular weight is 358 g/mol. The summed E-state index contributed by atoms with van der Waals surface area (Å²) < 4.78 is 6.15. The lowest BCUT2D eigenvalue weighted by molar-refractivity contribution is 0.0955. The maximum Gasteiger partial charge on any atom is 0.272 e. The second-order valence-electron chi connectivity index (χ2n) is 4.12. The standard InChI is InChI=1S/C16H12BrN3O2/c1-2-8-22-14-5-6-15(17)13(9-14)11-19-20-16(21)12-4-3-7-18-10-12/h1,3-7,9-11H,8H2,(H,20,21)/b19-11-. The second kappa shape index (κ2) is 7.96. The quantitative estimate of drug-likeness (QED) is 0.508. The molecule has 0 radical (unpaired) electrons. The number of pyridine rings is 1. The number of hydrazone groups is 1. The minimum Gasteiger partial charge on any atom is -0.481 e. The summed E-state index contributed by atoms with van der Waals surface area (Å²) in [5, 5.41) is 3.92. The van der Waals surface area contributed by atoms with Crippen LogP contribution < -0.4 is 10.2 Å². The van der Waals surface area contributed by atoms with Gasteiger partial charge in [0.25, 0.3) is 5.91 Å². The molecule has 0 bridgehead atoms. The molecule has 1 aromatic heterocycles. The molecular formula is C16H12BrN3O2. The van der Waals surface area contributed by atoms with E-state index in [9.17, 15) is 4.79 Å². The van der Waals surface area contributed by atoms with Crippen LogP contribution in [-0.2, 0) is 0 Å². The van der Waals surface area contributed by atoms with Gasteiger partial charge in [-0.2, -0.15) is 5.10 Å². The highest BCUT2D eigenvalue weighted by Crippen LogP contribution is 2.21. The fourth-order valence-electron chi connectivity index (χ4n) is 1.56. The Kier molecular flexibility index (Phi) is 5.69. The van der Waals surface area contributed by atoms with Crippen LogP contribution in [0.3, 0.4) is 0 Å². The van der Waals surface area contributed by atoms with Crippen molar-refractivity contribution < 1.29 is 9.53 Å². The Morgan fingerprint density at radius 3 is 3.09 bits per heavy atom. The highest BCUT2D eigenvalue weighted by Gasteiger charge is 2.03. The minimum absolute atomic E-state index is 0.190. The Bertz CT molecular complexity index is 724. The smallest absolute Gasteiger partial charge is 0.272 e. The molecule has 2 rings (SSSR count). The van der Waals surface area contributed by atoms with Gasteiger partial charge in [0.2, 0.25) is 0 Å². The van der Waals surface area contributed by atoms with E-state index in [1.54, 1.807) is 30.5 Å². The zero-order valence-corrected chi connectivity index (χ0v) is 13.1. The Balaban J connectivity index is 2.03. The number of ether oxygens (including phenoxy) is 1. The number of halogens is 1. The topological polar surface area (TPSA) is 63.6 Å². The predicted molar refractivity (Wildman–Crippen MR) is 87.8 cm³/mol. The number of amides is 1. The molecule has 1 aromatic carbocycles. The predicted octanol–water partition coefficient (Wildman–Crippen LogP) is 2.62. The van der Waals surface area contributed by atoms with Crippen molar-refractivity contribution in [3.05, 3.63) is 58.3 Å². The summed E-state index contributed by atoms with van der Waals surface area (Å²) in [5.74, 6) is 2.69. The Hall–Kier alpha value is -2.65. The van der Waals surface area contributed by atoms with Crippen molar-refractivity contribution >= 4 is 28.1 Å². The molecule has 2 aromatic rings. The largest absolute Gasteiger partial charge is 0.481 e. The minimum atomic E-state index is -0.333. The number of carbonyl (C=O) groups is 1. The third kappa shape index (κ3) is 4.43. The molecule has 0 aliphatic heterocycles. The highest BCUT2D eigenvalue weighted by molar-refractivity contribution is 9.10. The summed E-state index contributed by atoms with van der Waals surface area (Å²) in [6.45, 7) is 0.190.